The molecule has 0 saturated heterocycles. The molecule has 3 nitrogen and oxygen atoms in total. The SMILES string of the molecule is N#C/C(=C\c1cccc(Br)c1)Sc1nc2ccccc2[nH]1. The van der Waals surface area contributed by atoms with Crippen molar-refractivity contribution in [1.82, 2.24) is 9.97 Å². The molecule has 21 heavy (non-hydrogen) atoms. The Balaban J connectivity index is 1.89. The molecular formula is C16H10BrN3S. The Bertz CT molecular complexity index is 828. The average molecular weight is 356 g/mol. The van der Waals surface area contributed by atoms with Gasteiger partial charge in [-0.15, -0.1) is 0 Å². The third-order valence-corrected chi connectivity index (χ3v) is 4.14. The molecule has 0 unspecified atom stereocenters. The van der Waals surface area contributed by atoms with Crippen molar-refractivity contribution < 1.29 is 0 Å². The summed E-state index contributed by atoms with van der Waals surface area (Å²) in [5.74, 6) is 0. The van der Waals surface area contributed by atoms with Gasteiger partial charge in [0.15, 0.2) is 5.16 Å². The van der Waals surface area contributed by atoms with Crippen molar-refractivity contribution >= 4 is 44.8 Å². The molecular weight excluding hydrogens is 346 g/mol. The highest BCUT2D eigenvalue weighted by atomic mass is 79.9. The Hall–Kier alpha value is -2.03. The number of imidazole rings is 1. The maximum Gasteiger partial charge on any atom is 0.171 e. The van der Waals surface area contributed by atoms with E-state index in [1.54, 1.807) is 0 Å². The molecule has 5 heteroatoms. The molecule has 0 radical (unpaired) electrons. The second-order valence-corrected chi connectivity index (χ2v) is 6.28. The first-order chi connectivity index (χ1) is 10.2. The van der Waals surface area contributed by atoms with E-state index in [9.17, 15) is 5.26 Å². The topological polar surface area (TPSA) is 52.5 Å². The summed E-state index contributed by atoms with van der Waals surface area (Å²) in [5.41, 5.74) is 2.85. The van der Waals surface area contributed by atoms with Crippen LogP contribution in [0.25, 0.3) is 17.1 Å². The van der Waals surface area contributed by atoms with Crippen molar-refractivity contribution in [2.24, 2.45) is 0 Å². The molecule has 0 aliphatic carbocycles. The number of nitrogens with one attached hydrogen (secondary N) is 1. The number of rotatable bonds is 3. The lowest BCUT2D eigenvalue weighted by Crippen LogP contribution is -1.78. The number of H-pyrrole nitrogens is 1. The predicted molar refractivity (Wildman–Crippen MR) is 89.7 cm³/mol. The zero-order valence-electron chi connectivity index (χ0n) is 10.9. The van der Waals surface area contributed by atoms with Gasteiger partial charge in [-0.25, -0.2) is 4.98 Å². The van der Waals surface area contributed by atoms with Gasteiger partial charge in [-0.3, -0.25) is 0 Å². The number of fused-ring (bicyclic) bond motifs is 1. The number of hydrogen-bond acceptors (Lipinski definition) is 3. The number of hydrogen-bond donors (Lipinski definition) is 1. The van der Waals surface area contributed by atoms with Gasteiger partial charge in [-0.05, 0) is 47.7 Å². The van der Waals surface area contributed by atoms with Crippen LogP contribution in [0.5, 0.6) is 0 Å². The van der Waals surface area contributed by atoms with Crippen LogP contribution in [-0.4, -0.2) is 9.97 Å². The van der Waals surface area contributed by atoms with Crippen LogP contribution in [0.3, 0.4) is 0 Å². The van der Waals surface area contributed by atoms with Crippen molar-refractivity contribution in [3.8, 4) is 6.07 Å². The Labute approximate surface area is 134 Å². The molecule has 1 N–H and O–H groups in total. The monoisotopic (exact) mass is 355 g/mol. The number of benzene rings is 2. The fourth-order valence-electron chi connectivity index (χ4n) is 1.91. The molecule has 1 heterocycles. The van der Waals surface area contributed by atoms with E-state index >= 15 is 0 Å². The molecule has 0 aliphatic heterocycles. The Kier molecular flexibility index (Phi) is 4.09. The summed E-state index contributed by atoms with van der Waals surface area (Å²) in [7, 11) is 0. The normalized spacial score (nSPS) is 11.5. The summed E-state index contributed by atoms with van der Waals surface area (Å²) < 4.78 is 0.988. The highest BCUT2D eigenvalue weighted by molar-refractivity contribution is 9.10. The lowest BCUT2D eigenvalue weighted by atomic mass is 10.2. The zero-order valence-corrected chi connectivity index (χ0v) is 13.3. The summed E-state index contributed by atoms with van der Waals surface area (Å²) in [4.78, 5) is 8.26. The number of aromatic amines is 1. The molecule has 0 fully saturated rings. The second kappa shape index (κ2) is 6.17. The Morgan fingerprint density at radius 3 is 2.86 bits per heavy atom. The van der Waals surface area contributed by atoms with Gasteiger partial charge in [0.1, 0.15) is 6.07 Å². The molecule has 1 aromatic heterocycles. The molecule has 0 amide bonds. The summed E-state index contributed by atoms with van der Waals surface area (Å²) in [6, 6.07) is 17.8. The third kappa shape index (κ3) is 3.35. The van der Waals surface area contributed by atoms with Crippen LogP contribution in [0.15, 0.2) is 63.1 Å². The van der Waals surface area contributed by atoms with Crippen LogP contribution in [0.4, 0.5) is 0 Å². The molecule has 102 valence electrons. The first-order valence-electron chi connectivity index (χ1n) is 6.24. The summed E-state index contributed by atoms with van der Waals surface area (Å²) in [5, 5.41) is 10.0. The molecule has 3 rings (SSSR count). The standard InChI is InChI=1S/C16H10BrN3S/c17-12-5-3-4-11(8-12)9-13(10-18)21-16-19-14-6-1-2-7-15(14)20-16/h1-9H,(H,19,20)/b13-9+. The number of para-hydroxylation sites is 2. The van der Waals surface area contributed by atoms with Crippen LogP contribution in [0.1, 0.15) is 5.56 Å². The Morgan fingerprint density at radius 1 is 1.24 bits per heavy atom. The van der Waals surface area contributed by atoms with Crippen molar-refractivity contribution in [2.75, 3.05) is 0 Å². The summed E-state index contributed by atoms with van der Waals surface area (Å²) in [6.45, 7) is 0. The van der Waals surface area contributed by atoms with Crippen LogP contribution < -0.4 is 0 Å². The smallest absolute Gasteiger partial charge is 0.171 e. The maximum atomic E-state index is 9.30. The van der Waals surface area contributed by atoms with E-state index in [-0.39, 0.29) is 0 Å². The second-order valence-electron chi connectivity index (χ2n) is 4.34. The fraction of sp³-hybridized carbons (Fsp3) is 0. The van der Waals surface area contributed by atoms with Crippen LogP contribution in [-0.2, 0) is 0 Å². The third-order valence-electron chi connectivity index (χ3n) is 2.83. The van der Waals surface area contributed by atoms with Crippen molar-refractivity contribution in [2.45, 2.75) is 5.16 Å². The number of thioether (sulfide) groups is 1. The van der Waals surface area contributed by atoms with Gasteiger partial charge in [0.25, 0.3) is 0 Å². The largest absolute Gasteiger partial charge is 0.333 e. The van der Waals surface area contributed by atoms with Crippen LogP contribution in [0.2, 0.25) is 0 Å². The van der Waals surface area contributed by atoms with Gasteiger partial charge in [-0.2, -0.15) is 5.26 Å². The number of nitrogens with zero attached hydrogens (tertiary/aromatic N) is 2. The van der Waals surface area contributed by atoms with E-state index in [2.05, 4.69) is 32.0 Å². The summed E-state index contributed by atoms with van der Waals surface area (Å²) >= 11 is 4.76. The van der Waals surface area contributed by atoms with Crippen molar-refractivity contribution in [1.29, 1.82) is 5.26 Å². The minimum atomic E-state index is 0.590. The average Bonchev–Trinajstić information content (AvgIpc) is 2.89. The van der Waals surface area contributed by atoms with Gasteiger partial charge >= 0.3 is 0 Å². The lowest BCUT2D eigenvalue weighted by Gasteiger charge is -1.97. The number of nitriles is 1. The minimum absolute atomic E-state index is 0.590. The van der Waals surface area contributed by atoms with E-state index in [1.807, 2.05) is 54.6 Å². The lowest BCUT2D eigenvalue weighted by molar-refractivity contribution is 1.09. The van der Waals surface area contributed by atoms with Crippen LogP contribution >= 0.6 is 27.7 Å². The molecule has 0 atom stereocenters. The predicted octanol–water partition coefficient (Wildman–Crippen LogP) is 4.98. The maximum absolute atomic E-state index is 9.30. The van der Waals surface area contributed by atoms with Crippen molar-refractivity contribution in [3.63, 3.8) is 0 Å². The van der Waals surface area contributed by atoms with E-state index in [1.165, 1.54) is 11.8 Å². The van der Waals surface area contributed by atoms with E-state index in [4.69, 9.17) is 0 Å². The van der Waals surface area contributed by atoms with Gasteiger partial charge in [-0.1, -0.05) is 40.2 Å². The van der Waals surface area contributed by atoms with E-state index in [0.717, 1.165) is 26.2 Å². The molecule has 0 saturated carbocycles. The zero-order chi connectivity index (χ0) is 14.7. The summed E-state index contributed by atoms with van der Waals surface area (Å²) in [6.07, 6.45) is 1.85. The fourth-order valence-corrected chi connectivity index (χ4v) is 3.09. The molecule has 2 aromatic carbocycles. The van der Waals surface area contributed by atoms with Gasteiger partial charge in [0.2, 0.25) is 0 Å². The molecule has 0 bridgehead atoms. The van der Waals surface area contributed by atoms with Gasteiger partial charge in [0, 0.05) is 4.47 Å². The van der Waals surface area contributed by atoms with Crippen molar-refractivity contribution in [3.05, 3.63) is 63.5 Å². The quantitative estimate of drug-likeness (QED) is 0.532. The van der Waals surface area contributed by atoms with Gasteiger partial charge < -0.3 is 4.98 Å². The highest BCUT2D eigenvalue weighted by Crippen LogP contribution is 2.27. The highest BCUT2D eigenvalue weighted by Gasteiger charge is 2.06. The number of aromatic nitrogens is 2. The first kappa shape index (κ1) is 13.9. The molecule has 0 aliphatic rings. The van der Waals surface area contributed by atoms with E-state index in [0.29, 0.717) is 4.91 Å². The number of halogens is 1. The number of allylic oxidation sites excluding steroid dienone is 1. The van der Waals surface area contributed by atoms with Gasteiger partial charge in [0.05, 0.1) is 15.9 Å². The Morgan fingerprint density at radius 2 is 2.10 bits per heavy atom. The van der Waals surface area contributed by atoms with E-state index < -0.39 is 0 Å². The molecule has 3 aromatic rings. The minimum Gasteiger partial charge on any atom is -0.333 e. The first-order valence-corrected chi connectivity index (χ1v) is 7.85. The molecule has 0 spiro atoms. The van der Waals surface area contributed by atoms with Crippen LogP contribution in [0, 0.1) is 11.3 Å².